The molecule has 2 aliphatic carbocycles. The van der Waals surface area contributed by atoms with Gasteiger partial charge in [-0.15, -0.1) is 0 Å². The molecule has 134 valence electrons. The molecule has 0 aromatic heterocycles. The van der Waals surface area contributed by atoms with Gasteiger partial charge in [0.25, 0.3) is 5.92 Å². The summed E-state index contributed by atoms with van der Waals surface area (Å²) in [7, 11) is 0. The van der Waals surface area contributed by atoms with Crippen LogP contribution < -0.4 is 5.32 Å². The zero-order valence-corrected chi connectivity index (χ0v) is 14.7. The first-order chi connectivity index (χ1) is 11.4. The van der Waals surface area contributed by atoms with Crippen LogP contribution in [0.25, 0.3) is 0 Å². The lowest BCUT2D eigenvalue weighted by Crippen LogP contribution is -2.37. The molecule has 2 bridgehead atoms. The Balaban J connectivity index is 1.41. The quantitative estimate of drug-likeness (QED) is 0.843. The lowest BCUT2D eigenvalue weighted by atomic mass is 9.89. The van der Waals surface area contributed by atoms with E-state index in [9.17, 15) is 13.6 Å². The highest BCUT2D eigenvalue weighted by atomic mass is 32.2. The molecule has 4 rings (SSSR count). The third kappa shape index (κ3) is 2.98. The van der Waals surface area contributed by atoms with Gasteiger partial charge in [-0.3, -0.25) is 9.79 Å². The number of nitrogens with zero attached hydrogens (tertiary/aromatic N) is 1. The number of carbonyl (C=O) groups is 1. The van der Waals surface area contributed by atoms with Gasteiger partial charge in [-0.2, -0.15) is 0 Å². The van der Waals surface area contributed by atoms with Crippen LogP contribution in [0, 0.1) is 17.8 Å². The first-order valence-electron chi connectivity index (χ1n) is 8.89. The molecule has 24 heavy (non-hydrogen) atoms. The van der Waals surface area contributed by atoms with Crippen LogP contribution in [-0.4, -0.2) is 41.0 Å². The molecule has 4 fully saturated rings. The van der Waals surface area contributed by atoms with E-state index in [0.29, 0.717) is 23.9 Å². The van der Waals surface area contributed by atoms with Crippen LogP contribution in [0.2, 0.25) is 0 Å². The maximum absolute atomic E-state index is 13.6. The number of amidine groups is 1. The van der Waals surface area contributed by atoms with Gasteiger partial charge in [0.15, 0.2) is 5.17 Å². The molecule has 2 aliphatic heterocycles. The molecule has 2 saturated carbocycles. The number of amides is 1. The summed E-state index contributed by atoms with van der Waals surface area (Å²) in [5.74, 6) is -2.55. The Hall–Kier alpha value is -0.690. The number of ether oxygens (including phenoxy) is 1. The van der Waals surface area contributed by atoms with E-state index < -0.39 is 16.6 Å². The number of halogens is 2. The molecule has 4 aliphatic rings. The minimum atomic E-state index is -2.51. The van der Waals surface area contributed by atoms with E-state index >= 15 is 0 Å². The predicted octanol–water partition coefficient (Wildman–Crippen LogP) is 3.21. The average molecular weight is 358 g/mol. The standard InChI is InChI=1S/C17H24F2N2O2S/c1-16(8-10-2-4-23-5-3-10)14(22)21-15(24-16)20-13-7-12-6-11(13)9-17(12,18)19/h10-13H,2-9H2,1H3,(H,20,21,22)/t11-,12-,13+,16?/m1/s1. The number of nitrogens with one attached hydrogen (secondary N) is 1. The largest absolute Gasteiger partial charge is 0.381 e. The van der Waals surface area contributed by atoms with E-state index in [1.165, 1.54) is 11.8 Å². The van der Waals surface area contributed by atoms with E-state index in [0.717, 1.165) is 32.5 Å². The van der Waals surface area contributed by atoms with Gasteiger partial charge in [0.05, 0.1) is 10.8 Å². The highest BCUT2D eigenvalue weighted by Gasteiger charge is 2.57. The number of rotatable bonds is 3. The summed E-state index contributed by atoms with van der Waals surface area (Å²) in [6, 6.07) is -0.0529. The molecule has 1 unspecified atom stereocenters. The maximum atomic E-state index is 13.6. The molecular weight excluding hydrogens is 334 g/mol. The van der Waals surface area contributed by atoms with Crippen LogP contribution >= 0.6 is 11.8 Å². The predicted molar refractivity (Wildman–Crippen MR) is 89.3 cm³/mol. The fraction of sp³-hybridized carbons (Fsp3) is 0.882. The monoisotopic (exact) mass is 358 g/mol. The number of hydrogen-bond acceptors (Lipinski definition) is 4. The minimum Gasteiger partial charge on any atom is -0.381 e. The summed E-state index contributed by atoms with van der Waals surface area (Å²) >= 11 is 1.49. The molecule has 1 amide bonds. The van der Waals surface area contributed by atoms with Crippen molar-refractivity contribution in [1.29, 1.82) is 0 Å². The van der Waals surface area contributed by atoms with E-state index in [1.807, 2.05) is 6.92 Å². The molecule has 0 aromatic carbocycles. The summed E-state index contributed by atoms with van der Waals surface area (Å²) in [4.78, 5) is 17.1. The zero-order chi connectivity index (χ0) is 16.9. The number of alkyl halides is 2. The molecule has 0 aromatic rings. The van der Waals surface area contributed by atoms with Gasteiger partial charge in [0.2, 0.25) is 5.91 Å². The van der Waals surface area contributed by atoms with Crippen molar-refractivity contribution >= 4 is 22.8 Å². The van der Waals surface area contributed by atoms with Gasteiger partial charge >= 0.3 is 0 Å². The van der Waals surface area contributed by atoms with Crippen molar-refractivity contribution in [3.8, 4) is 0 Å². The third-order valence-electron chi connectivity index (χ3n) is 6.11. The molecule has 2 heterocycles. The maximum Gasteiger partial charge on any atom is 0.251 e. The second kappa shape index (κ2) is 5.94. The van der Waals surface area contributed by atoms with E-state index in [-0.39, 0.29) is 24.3 Å². The third-order valence-corrected chi connectivity index (χ3v) is 7.32. The Morgan fingerprint density at radius 2 is 2.08 bits per heavy atom. The number of thioether (sulfide) groups is 1. The number of fused-ring (bicyclic) bond motifs is 2. The molecule has 0 spiro atoms. The van der Waals surface area contributed by atoms with Crippen LogP contribution in [0.1, 0.15) is 45.4 Å². The molecule has 4 atom stereocenters. The number of hydrogen-bond donors (Lipinski definition) is 1. The fourth-order valence-electron chi connectivity index (χ4n) is 4.70. The van der Waals surface area contributed by atoms with Crippen LogP contribution in [0.15, 0.2) is 4.99 Å². The Morgan fingerprint density at radius 1 is 1.33 bits per heavy atom. The van der Waals surface area contributed by atoms with Crippen LogP contribution in [0.4, 0.5) is 8.78 Å². The molecule has 2 saturated heterocycles. The first-order valence-corrected chi connectivity index (χ1v) is 9.71. The Morgan fingerprint density at radius 3 is 2.71 bits per heavy atom. The average Bonchev–Trinajstić information content (AvgIpc) is 3.11. The SMILES string of the molecule is CC1(CC2CCOCC2)SC(=N[C@H]2C[C@H]3C[C@@H]2CC3(F)F)NC1=O. The van der Waals surface area contributed by atoms with E-state index in [4.69, 9.17) is 4.74 Å². The molecule has 1 N–H and O–H groups in total. The van der Waals surface area contributed by atoms with Gasteiger partial charge in [0, 0.05) is 25.6 Å². The second-order valence-corrected chi connectivity index (χ2v) is 9.43. The summed E-state index contributed by atoms with van der Waals surface area (Å²) in [5.41, 5.74) is 0. The fourth-order valence-corrected chi connectivity index (χ4v) is 5.92. The van der Waals surface area contributed by atoms with Gasteiger partial charge in [-0.05, 0) is 50.9 Å². The summed E-state index contributed by atoms with van der Waals surface area (Å²) < 4.78 is 32.2. The van der Waals surface area contributed by atoms with Crippen LogP contribution in [-0.2, 0) is 9.53 Å². The van der Waals surface area contributed by atoms with Crippen LogP contribution in [0.5, 0.6) is 0 Å². The Labute approximate surface area is 145 Å². The van der Waals surface area contributed by atoms with Gasteiger partial charge in [-0.1, -0.05) is 11.8 Å². The highest BCUT2D eigenvalue weighted by molar-refractivity contribution is 8.16. The van der Waals surface area contributed by atoms with Crippen molar-refractivity contribution in [1.82, 2.24) is 5.32 Å². The zero-order valence-electron chi connectivity index (χ0n) is 13.9. The summed E-state index contributed by atoms with van der Waals surface area (Å²) in [5, 5.41) is 3.53. The highest BCUT2D eigenvalue weighted by Crippen LogP contribution is 2.55. The Bertz CT molecular complexity index is 565. The van der Waals surface area contributed by atoms with E-state index in [1.54, 1.807) is 0 Å². The van der Waals surface area contributed by atoms with E-state index in [2.05, 4.69) is 10.3 Å². The summed E-state index contributed by atoms with van der Waals surface area (Å²) in [6.07, 6.45) is 3.80. The smallest absolute Gasteiger partial charge is 0.251 e. The van der Waals surface area contributed by atoms with Crippen LogP contribution in [0.3, 0.4) is 0 Å². The molecule has 0 radical (unpaired) electrons. The number of aliphatic imine (C=N–C) groups is 1. The van der Waals surface area contributed by atoms with Crippen molar-refractivity contribution in [2.45, 2.75) is 62.2 Å². The second-order valence-electron chi connectivity index (χ2n) is 7.94. The Kier molecular flexibility index (Phi) is 4.15. The lowest BCUT2D eigenvalue weighted by molar-refractivity contribution is -0.121. The molecule has 4 nitrogen and oxygen atoms in total. The summed E-state index contributed by atoms with van der Waals surface area (Å²) in [6.45, 7) is 3.51. The van der Waals surface area contributed by atoms with Crippen molar-refractivity contribution in [3.05, 3.63) is 0 Å². The van der Waals surface area contributed by atoms with Crippen molar-refractivity contribution in [3.63, 3.8) is 0 Å². The topological polar surface area (TPSA) is 50.7 Å². The van der Waals surface area contributed by atoms with Crippen molar-refractivity contribution in [2.24, 2.45) is 22.7 Å². The van der Waals surface area contributed by atoms with Gasteiger partial charge in [0.1, 0.15) is 0 Å². The van der Waals surface area contributed by atoms with Crippen molar-refractivity contribution < 1.29 is 18.3 Å². The molecule has 7 heteroatoms. The van der Waals surface area contributed by atoms with Crippen molar-refractivity contribution in [2.75, 3.05) is 13.2 Å². The minimum absolute atomic E-state index is 0.00577. The number of carbonyl (C=O) groups excluding carboxylic acids is 1. The first kappa shape index (κ1) is 16.8. The normalized spacial score (nSPS) is 43.5. The lowest BCUT2D eigenvalue weighted by Gasteiger charge is -2.28. The van der Waals surface area contributed by atoms with Gasteiger partial charge in [-0.25, -0.2) is 8.78 Å². The van der Waals surface area contributed by atoms with Gasteiger partial charge < -0.3 is 10.1 Å². The molecular formula is C17H24F2N2O2S.